The summed E-state index contributed by atoms with van der Waals surface area (Å²) in [4.78, 5) is 4.12. The third-order valence-electron chi connectivity index (χ3n) is 2.36. The topological polar surface area (TPSA) is 83.4 Å². The molecule has 0 radical (unpaired) electrons. The molecule has 19 heavy (non-hydrogen) atoms. The molecule has 1 aromatic heterocycles. The number of hydrogen-bond acceptors (Lipinski definition) is 6. The number of nitrogens with zero attached hydrogens (tertiary/aromatic N) is 2. The van der Waals surface area contributed by atoms with Crippen molar-refractivity contribution in [2.45, 2.75) is 26.5 Å². The van der Waals surface area contributed by atoms with E-state index in [1.807, 2.05) is 31.2 Å². The van der Waals surface area contributed by atoms with Gasteiger partial charge in [-0.05, 0) is 26.0 Å². The van der Waals surface area contributed by atoms with Crippen molar-refractivity contribution >= 4 is 0 Å². The van der Waals surface area contributed by atoms with Crippen LogP contribution in [0, 0.1) is 0 Å². The summed E-state index contributed by atoms with van der Waals surface area (Å²) in [5.74, 6) is 2.33. The van der Waals surface area contributed by atoms with Crippen molar-refractivity contribution < 1.29 is 14.0 Å². The van der Waals surface area contributed by atoms with E-state index in [9.17, 15) is 0 Å². The minimum Gasteiger partial charge on any atom is -0.494 e. The Bertz CT molecular complexity index is 525. The molecule has 0 fully saturated rings. The van der Waals surface area contributed by atoms with Gasteiger partial charge in [-0.15, -0.1) is 0 Å². The molecule has 0 aliphatic heterocycles. The first-order valence-corrected chi connectivity index (χ1v) is 6.12. The number of nitrogens with two attached hydrogens (primary N) is 1. The second-order valence-corrected chi connectivity index (χ2v) is 4.03. The van der Waals surface area contributed by atoms with Crippen molar-refractivity contribution in [3.63, 3.8) is 0 Å². The first-order valence-electron chi connectivity index (χ1n) is 6.12. The second-order valence-electron chi connectivity index (χ2n) is 4.03. The molecular weight excluding hydrogens is 246 g/mol. The van der Waals surface area contributed by atoms with Crippen LogP contribution < -0.4 is 15.2 Å². The Balaban J connectivity index is 1.95. The van der Waals surface area contributed by atoms with E-state index in [0.29, 0.717) is 24.1 Å². The Labute approximate surface area is 111 Å². The molecule has 0 saturated heterocycles. The lowest BCUT2D eigenvalue weighted by atomic mass is 10.3. The first-order chi connectivity index (χ1) is 9.19. The Morgan fingerprint density at radius 1 is 1.32 bits per heavy atom. The lowest BCUT2D eigenvalue weighted by Gasteiger charge is -2.06. The van der Waals surface area contributed by atoms with Crippen molar-refractivity contribution in [2.24, 2.45) is 5.73 Å². The lowest BCUT2D eigenvalue weighted by Crippen LogP contribution is -2.05. The van der Waals surface area contributed by atoms with Gasteiger partial charge in [0.25, 0.3) is 0 Å². The largest absolute Gasteiger partial charge is 0.494 e. The van der Waals surface area contributed by atoms with Crippen molar-refractivity contribution in [2.75, 3.05) is 6.61 Å². The second kappa shape index (κ2) is 6.19. The molecule has 102 valence electrons. The van der Waals surface area contributed by atoms with Crippen LogP contribution in [0.4, 0.5) is 0 Å². The van der Waals surface area contributed by atoms with Crippen LogP contribution in [0.25, 0.3) is 0 Å². The van der Waals surface area contributed by atoms with Gasteiger partial charge >= 0.3 is 0 Å². The van der Waals surface area contributed by atoms with Gasteiger partial charge in [0.1, 0.15) is 11.5 Å². The molecule has 1 atom stereocenters. The summed E-state index contributed by atoms with van der Waals surface area (Å²) < 4.78 is 15.9. The molecule has 0 bridgehead atoms. The number of ether oxygens (including phenoxy) is 2. The van der Waals surface area contributed by atoms with Gasteiger partial charge in [0.2, 0.25) is 11.7 Å². The zero-order valence-electron chi connectivity index (χ0n) is 11.0. The van der Waals surface area contributed by atoms with Crippen molar-refractivity contribution in [3.8, 4) is 11.5 Å². The molecule has 6 nitrogen and oxygen atoms in total. The fourth-order valence-electron chi connectivity index (χ4n) is 1.48. The van der Waals surface area contributed by atoms with Crippen LogP contribution in [0.1, 0.15) is 31.6 Å². The van der Waals surface area contributed by atoms with Gasteiger partial charge in [0.05, 0.1) is 12.6 Å². The highest BCUT2D eigenvalue weighted by atomic mass is 16.5. The molecule has 0 aliphatic rings. The van der Waals surface area contributed by atoms with Gasteiger partial charge in [0, 0.05) is 6.07 Å². The zero-order valence-corrected chi connectivity index (χ0v) is 11.0. The Morgan fingerprint density at radius 3 is 2.68 bits per heavy atom. The van der Waals surface area contributed by atoms with E-state index in [1.54, 1.807) is 6.92 Å². The maximum Gasteiger partial charge on any atom is 0.243 e. The highest BCUT2D eigenvalue weighted by molar-refractivity contribution is 5.32. The summed E-state index contributed by atoms with van der Waals surface area (Å²) >= 11 is 0. The van der Waals surface area contributed by atoms with Crippen LogP contribution in [0.2, 0.25) is 0 Å². The average molecular weight is 263 g/mol. The fraction of sp³-hybridized carbons (Fsp3) is 0.385. The molecule has 6 heteroatoms. The standard InChI is InChI=1S/C13H17N3O3/c1-3-17-10-5-4-6-11(7-10)18-8-12-15-13(9(2)14)19-16-12/h4-7,9H,3,8,14H2,1-2H3. The summed E-state index contributed by atoms with van der Waals surface area (Å²) in [6.45, 7) is 4.56. The van der Waals surface area contributed by atoms with Crippen molar-refractivity contribution in [1.82, 2.24) is 10.1 Å². The molecule has 0 saturated carbocycles. The SMILES string of the molecule is CCOc1cccc(OCc2noc(C(C)N)n2)c1. The van der Waals surface area contributed by atoms with Crippen LogP contribution in [0.15, 0.2) is 28.8 Å². The van der Waals surface area contributed by atoms with E-state index in [-0.39, 0.29) is 12.6 Å². The summed E-state index contributed by atoms with van der Waals surface area (Å²) in [5, 5.41) is 3.79. The lowest BCUT2D eigenvalue weighted by molar-refractivity contribution is 0.280. The highest BCUT2D eigenvalue weighted by Crippen LogP contribution is 2.20. The highest BCUT2D eigenvalue weighted by Gasteiger charge is 2.10. The average Bonchev–Trinajstić information content (AvgIpc) is 2.86. The molecule has 2 aromatic rings. The molecule has 0 amide bonds. The third-order valence-corrected chi connectivity index (χ3v) is 2.36. The molecule has 1 unspecified atom stereocenters. The van der Waals surface area contributed by atoms with E-state index >= 15 is 0 Å². The van der Waals surface area contributed by atoms with Crippen molar-refractivity contribution in [3.05, 3.63) is 36.0 Å². The van der Waals surface area contributed by atoms with Gasteiger partial charge in [-0.1, -0.05) is 11.2 Å². The Morgan fingerprint density at radius 2 is 2.05 bits per heavy atom. The minimum atomic E-state index is -0.275. The van der Waals surface area contributed by atoms with Crippen LogP contribution in [0.3, 0.4) is 0 Å². The quantitative estimate of drug-likeness (QED) is 0.858. The van der Waals surface area contributed by atoms with E-state index in [1.165, 1.54) is 0 Å². The van der Waals surface area contributed by atoms with Gasteiger partial charge in [0.15, 0.2) is 6.61 Å². The van der Waals surface area contributed by atoms with E-state index in [2.05, 4.69) is 10.1 Å². The van der Waals surface area contributed by atoms with Gasteiger partial charge in [-0.25, -0.2) is 0 Å². The maximum absolute atomic E-state index is 5.63. The molecule has 0 aliphatic carbocycles. The molecule has 1 aromatic carbocycles. The fourth-order valence-corrected chi connectivity index (χ4v) is 1.48. The molecular formula is C13H17N3O3. The maximum atomic E-state index is 5.63. The Kier molecular flexibility index (Phi) is 4.35. The van der Waals surface area contributed by atoms with Crippen molar-refractivity contribution in [1.29, 1.82) is 0 Å². The minimum absolute atomic E-state index is 0.228. The third kappa shape index (κ3) is 3.69. The summed E-state index contributed by atoms with van der Waals surface area (Å²) in [6, 6.07) is 7.12. The van der Waals surface area contributed by atoms with E-state index in [0.717, 1.165) is 5.75 Å². The normalized spacial score (nSPS) is 12.2. The summed E-state index contributed by atoms with van der Waals surface area (Å²) in [6.07, 6.45) is 0. The number of benzene rings is 1. The molecule has 0 spiro atoms. The smallest absolute Gasteiger partial charge is 0.243 e. The summed E-state index contributed by atoms with van der Waals surface area (Å²) in [5.41, 5.74) is 5.63. The molecule has 2 N–H and O–H groups in total. The van der Waals surface area contributed by atoms with Crippen LogP contribution in [-0.2, 0) is 6.61 Å². The molecule has 2 rings (SSSR count). The van der Waals surface area contributed by atoms with Gasteiger partial charge in [-0.2, -0.15) is 4.98 Å². The number of hydrogen-bond donors (Lipinski definition) is 1. The monoisotopic (exact) mass is 263 g/mol. The van der Waals surface area contributed by atoms with E-state index < -0.39 is 0 Å². The van der Waals surface area contributed by atoms with Gasteiger partial charge in [-0.3, -0.25) is 0 Å². The van der Waals surface area contributed by atoms with Crippen LogP contribution >= 0.6 is 0 Å². The number of rotatable bonds is 6. The predicted octanol–water partition coefficient (Wildman–Crippen LogP) is 2.07. The molecule has 1 heterocycles. The Hall–Kier alpha value is -2.08. The van der Waals surface area contributed by atoms with Gasteiger partial charge < -0.3 is 19.7 Å². The van der Waals surface area contributed by atoms with Crippen LogP contribution in [-0.4, -0.2) is 16.7 Å². The van der Waals surface area contributed by atoms with Crippen LogP contribution in [0.5, 0.6) is 11.5 Å². The predicted molar refractivity (Wildman–Crippen MR) is 68.8 cm³/mol. The first kappa shape index (κ1) is 13.4. The van der Waals surface area contributed by atoms with E-state index in [4.69, 9.17) is 19.7 Å². The number of aromatic nitrogens is 2. The zero-order chi connectivity index (χ0) is 13.7. The summed E-state index contributed by atoms with van der Waals surface area (Å²) in [7, 11) is 0.